The van der Waals surface area contributed by atoms with Crippen LogP contribution in [0.25, 0.3) is 0 Å². The number of carboxylic acid groups (broad SMARTS) is 1. The van der Waals surface area contributed by atoms with Gasteiger partial charge in [0.1, 0.15) is 0 Å². The Morgan fingerprint density at radius 1 is 1.31 bits per heavy atom. The maximum Gasteiger partial charge on any atom is 0.327 e. The van der Waals surface area contributed by atoms with Crippen molar-refractivity contribution in [2.75, 3.05) is 20.6 Å². The van der Waals surface area contributed by atoms with Gasteiger partial charge in [0.15, 0.2) is 0 Å². The first-order valence-corrected chi connectivity index (χ1v) is 4.67. The molecule has 0 radical (unpaired) electrons. The fourth-order valence-corrected chi connectivity index (χ4v) is 1.05. The molecule has 0 heterocycles. The van der Waals surface area contributed by atoms with E-state index in [-0.39, 0.29) is 0 Å². The summed E-state index contributed by atoms with van der Waals surface area (Å²) in [5, 5.41) is 8.30. The van der Waals surface area contributed by atoms with Crippen LogP contribution >= 0.6 is 0 Å². The summed E-state index contributed by atoms with van der Waals surface area (Å²) in [7, 11) is 4.12. The normalized spacial score (nSPS) is 11.3. The Hall–Kier alpha value is -0.830. The van der Waals surface area contributed by atoms with E-state index in [1.807, 2.05) is 0 Å². The maximum atomic E-state index is 10.1. The predicted octanol–water partition coefficient (Wildman–Crippen LogP) is 1.75. The SMILES string of the molecule is CN(C)CCCCCC=CC(=O)O. The van der Waals surface area contributed by atoms with Gasteiger partial charge in [0.25, 0.3) is 0 Å². The smallest absolute Gasteiger partial charge is 0.327 e. The lowest BCUT2D eigenvalue weighted by Gasteiger charge is -2.07. The van der Waals surface area contributed by atoms with Gasteiger partial charge in [-0.25, -0.2) is 4.79 Å². The lowest BCUT2D eigenvalue weighted by atomic mass is 10.2. The molecule has 0 fully saturated rings. The first kappa shape index (κ1) is 12.2. The molecule has 0 bridgehead atoms. The van der Waals surface area contributed by atoms with Gasteiger partial charge >= 0.3 is 5.97 Å². The van der Waals surface area contributed by atoms with E-state index in [1.54, 1.807) is 6.08 Å². The first-order valence-electron chi connectivity index (χ1n) is 4.67. The third-order valence-corrected chi connectivity index (χ3v) is 1.74. The van der Waals surface area contributed by atoms with Crippen molar-refractivity contribution >= 4 is 5.97 Å². The van der Waals surface area contributed by atoms with Gasteiger partial charge < -0.3 is 10.0 Å². The number of hydrogen-bond donors (Lipinski definition) is 1. The molecule has 0 atom stereocenters. The molecule has 0 amide bonds. The summed E-state index contributed by atoms with van der Waals surface area (Å²) in [6.07, 6.45) is 7.25. The first-order chi connectivity index (χ1) is 6.13. The third-order valence-electron chi connectivity index (χ3n) is 1.74. The van der Waals surface area contributed by atoms with Gasteiger partial charge in [-0.1, -0.05) is 12.5 Å². The van der Waals surface area contributed by atoms with Crippen LogP contribution in [0, 0.1) is 0 Å². The molecule has 0 aromatic heterocycles. The van der Waals surface area contributed by atoms with Crippen LogP contribution in [0.1, 0.15) is 25.7 Å². The molecule has 0 aliphatic rings. The van der Waals surface area contributed by atoms with Crippen LogP contribution in [0.3, 0.4) is 0 Å². The van der Waals surface area contributed by atoms with Crippen LogP contribution in [0.2, 0.25) is 0 Å². The fourth-order valence-electron chi connectivity index (χ4n) is 1.05. The summed E-state index contributed by atoms with van der Waals surface area (Å²) in [5.41, 5.74) is 0. The van der Waals surface area contributed by atoms with Crippen LogP contribution in [-0.2, 0) is 4.79 Å². The molecule has 0 aromatic carbocycles. The number of allylic oxidation sites excluding steroid dienone is 1. The van der Waals surface area contributed by atoms with Crippen LogP contribution in [0.5, 0.6) is 0 Å². The van der Waals surface area contributed by atoms with Crippen LogP contribution in [-0.4, -0.2) is 36.6 Å². The van der Waals surface area contributed by atoms with Crippen molar-refractivity contribution in [3.63, 3.8) is 0 Å². The highest BCUT2D eigenvalue weighted by Crippen LogP contribution is 2.00. The quantitative estimate of drug-likeness (QED) is 0.485. The largest absolute Gasteiger partial charge is 0.478 e. The zero-order valence-corrected chi connectivity index (χ0v) is 8.49. The van der Waals surface area contributed by atoms with Crippen LogP contribution in [0.15, 0.2) is 12.2 Å². The molecule has 13 heavy (non-hydrogen) atoms. The lowest BCUT2D eigenvalue weighted by Crippen LogP contribution is -2.12. The molecule has 0 saturated heterocycles. The Morgan fingerprint density at radius 3 is 2.54 bits per heavy atom. The minimum atomic E-state index is -0.853. The van der Waals surface area contributed by atoms with Crippen molar-refractivity contribution in [2.45, 2.75) is 25.7 Å². The highest BCUT2D eigenvalue weighted by molar-refractivity contribution is 5.79. The molecule has 0 aliphatic heterocycles. The highest BCUT2D eigenvalue weighted by atomic mass is 16.4. The van der Waals surface area contributed by atoms with Crippen molar-refractivity contribution in [1.29, 1.82) is 0 Å². The van der Waals surface area contributed by atoms with Crippen molar-refractivity contribution in [3.8, 4) is 0 Å². The minimum absolute atomic E-state index is 0.853. The van der Waals surface area contributed by atoms with E-state index < -0.39 is 5.97 Å². The van der Waals surface area contributed by atoms with Gasteiger partial charge in [0.2, 0.25) is 0 Å². The van der Waals surface area contributed by atoms with Gasteiger partial charge in [0.05, 0.1) is 0 Å². The topological polar surface area (TPSA) is 40.5 Å². The Morgan fingerprint density at radius 2 is 2.00 bits per heavy atom. The predicted molar refractivity (Wildman–Crippen MR) is 53.8 cm³/mol. The van der Waals surface area contributed by atoms with E-state index in [0.717, 1.165) is 19.4 Å². The molecule has 3 nitrogen and oxygen atoms in total. The summed E-state index contributed by atoms with van der Waals surface area (Å²) in [6, 6.07) is 0. The van der Waals surface area contributed by atoms with E-state index in [0.29, 0.717) is 0 Å². The van der Waals surface area contributed by atoms with Crippen molar-refractivity contribution in [1.82, 2.24) is 4.90 Å². The minimum Gasteiger partial charge on any atom is -0.478 e. The Labute approximate surface area is 80.0 Å². The molecule has 3 heteroatoms. The monoisotopic (exact) mass is 185 g/mol. The Kier molecular flexibility index (Phi) is 7.30. The molecule has 0 aliphatic carbocycles. The zero-order valence-electron chi connectivity index (χ0n) is 8.49. The number of aliphatic carboxylic acids is 1. The van der Waals surface area contributed by atoms with Crippen LogP contribution < -0.4 is 0 Å². The lowest BCUT2D eigenvalue weighted by molar-refractivity contribution is -0.131. The van der Waals surface area contributed by atoms with E-state index in [2.05, 4.69) is 19.0 Å². The molecule has 0 unspecified atom stereocenters. The molecule has 0 rings (SSSR count). The number of nitrogens with zero attached hydrogens (tertiary/aromatic N) is 1. The highest BCUT2D eigenvalue weighted by Gasteiger charge is 1.90. The number of unbranched alkanes of at least 4 members (excludes halogenated alkanes) is 3. The number of carbonyl (C=O) groups is 1. The van der Waals surface area contributed by atoms with Crippen LogP contribution in [0.4, 0.5) is 0 Å². The standard InChI is InChI=1S/C10H19NO2/c1-11(2)9-7-5-3-4-6-8-10(12)13/h6,8H,3-5,7,9H2,1-2H3,(H,12,13). The summed E-state index contributed by atoms with van der Waals surface area (Å²) >= 11 is 0. The average molecular weight is 185 g/mol. The molecule has 1 N–H and O–H groups in total. The fraction of sp³-hybridized carbons (Fsp3) is 0.700. The van der Waals surface area contributed by atoms with E-state index in [9.17, 15) is 4.79 Å². The average Bonchev–Trinajstić information content (AvgIpc) is 2.01. The number of rotatable bonds is 7. The summed E-state index contributed by atoms with van der Waals surface area (Å²) in [4.78, 5) is 12.2. The summed E-state index contributed by atoms with van der Waals surface area (Å²) < 4.78 is 0. The molecule has 0 saturated carbocycles. The van der Waals surface area contributed by atoms with Gasteiger partial charge in [-0.05, 0) is 39.9 Å². The van der Waals surface area contributed by atoms with Crippen molar-refractivity contribution < 1.29 is 9.90 Å². The molecule has 0 aromatic rings. The van der Waals surface area contributed by atoms with Crippen molar-refractivity contribution in [3.05, 3.63) is 12.2 Å². The molecular weight excluding hydrogens is 166 g/mol. The third kappa shape index (κ3) is 11.2. The van der Waals surface area contributed by atoms with Gasteiger partial charge in [-0.15, -0.1) is 0 Å². The number of carboxylic acids is 1. The van der Waals surface area contributed by atoms with Gasteiger partial charge in [-0.2, -0.15) is 0 Å². The number of hydrogen-bond acceptors (Lipinski definition) is 2. The Bertz CT molecular complexity index is 164. The summed E-state index contributed by atoms with van der Waals surface area (Å²) in [5.74, 6) is -0.853. The van der Waals surface area contributed by atoms with Gasteiger partial charge in [-0.3, -0.25) is 0 Å². The van der Waals surface area contributed by atoms with Crippen molar-refractivity contribution in [2.24, 2.45) is 0 Å². The second kappa shape index (κ2) is 7.80. The molecule has 76 valence electrons. The molecular formula is C10H19NO2. The van der Waals surface area contributed by atoms with Gasteiger partial charge in [0, 0.05) is 6.08 Å². The summed E-state index contributed by atoms with van der Waals surface area (Å²) in [6.45, 7) is 1.11. The van der Waals surface area contributed by atoms with E-state index in [4.69, 9.17) is 5.11 Å². The molecule has 0 spiro atoms. The second-order valence-electron chi connectivity index (χ2n) is 3.39. The second-order valence-corrected chi connectivity index (χ2v) is 3.39. The Balaban J connectivity index is 3.13. The zero-order chi connectivity index (χ0) is 10.1. The maximum absolute atomic E-state index is 10.1. The van der Waals surface area contributed by atoms with E-state index in [1.165, 1.54) is 18.9 Å². The van der Waals surface area contributed by atoms with E-state index >= 15 is 0 Å².